The molecule has 2 aromatic rings. The molecule has 0 radical (unpaired) electrons. The third-order valence-electron chi connectivity index (χ3n) is 5.91. The number of carbonyl (C=O) groups excluding carboxylic acids is 2. The van der Waals surface area contributed by atoms with E-state index in [0.717, 1.165) is 29.3 Å². The van der Waals surface area contributed by atoms with Crippen molar-refractivity contribution in [2.75, 3.05) is 11.9 Å². The highest BCUT2D eigenvalue weighted by Crippen LogP contribution is 2.49. The molecule has 2 fully saturated rings. The zero-order chi connectivity index (χ0) is 20.1. The van der Waals surface area contributed by atoms with Gasteiger partial charge in [0, 0.05) is 27.5 Å². The van der Waals surface area contributed by atoms with Crippen molar-refractivity contribution in [3.05, 3.63) is 62.5 Å². The Balaban J connectivity index is 1.81. The largest absolute Gasteiger partial charge is 0.332 e. The Morgan fingerprint density at radius 3 is 2.32 bits per heavy atom. The van der Waals surface area contributed by atoms with E-state index in [0.29, 0.717) is 22.2 Å². The first-order valence-corrected chi connectivity index (χ1v) is 10.7. The highest BCUT2D eigenvalue weighted by Gasteiger charge is 2.60. The fraction of sp³-hybridized carbons (Fsp3) is 0.333. The predicted octanol–water partition coefficient (Wildman–Crippen LogP) is 6.25. The quantitative estimate of drug-likeness (QED) is 0.475. The standard InChI is InChI=1S/C21H19BrCl2N2O2/c1-25-20(28)26(17-11-15(23)10-16(24)12-17)19(27)21(25)9-3-2-4-18(21)13-5-7-14(22)8-6-13/h5-8,10-12,18H,2-4,9H2,1H3/t18-,21+/m0/s1. The molecule has 1 spiro atoms. The molecule has 4 nitrogen and oxygen atoms in total. The van der Waals surface area contributed by atoms with Gasteiger partial charge in [-0.15, -0.1) is 0 Å². The Hall–Kier alpha value is -1.56. The number of rotatable bonds is 2. The van der Waals surface area contributed by atoms with E-state index in [2.05, 4.69) is 15.9 Å². The summed E-state index contributed by atoms with van der Waals surface area (Å²) < 4.78 is 0.985. The lowest BCUT2D eigenvalue weighted by molar-refractivity contribution is -0.127. The molecule has 4 rings (SSSR count). The monoisotopic (exact) mass is 480 g/mol. The van der Waals surface area contributed by atoms with Crippen molar-refractivity contribution in [2.45, 2.75) is 37.1 Å². The number of imide groups is 1. The lowest BCUT2D eigenvalue weighted by Crippen LogP contribution is -2.54. The molecule has 2 aliphatic rings. The predicted molar refractivity (Wildman–Crippen MR) is 115 cm³/mol. The summed E-state index contributed by atoms with van der Waals surface area (Å²) >= 11 is 15.7. The lowest BCUT2D eigenvalue weighted by Gasteiger charge is -2.43. The second kappa shape index (κ2) is 7.36. The molecule has 1 saturated heterocycles. The number of hydrogen-bond donors (Lipinski definition) is 0. The van der Waals surface area contributed by atoms with E-state index in [1.165, 1.54) is 4.90 Å². The molecule has 1 aliphatic carbocycles. The van der Waals surface area contributed by atoms with Crippen LogP contribution in [0.25, 0.3) is 0 Å². The number of anilines is 1. The average molecular weight is 482 g/mol. The molecule has 0 bridgehead atoms. The zero-order valence-electron chi connectivity index (χ0n) is 15.3. The molecular formula is C21H19BrCl2N2O2. The molecule has 146 valence electrons. The number of likely N-dealkylation sites (N-methyl/N-ethyl adjacent to an activating group) is 1. The number of urea groups is 1. The lowest BCUT2D eigenvalue weighted by atomic mass is 9.68. The first-order chi connectivity index (χ1) is 13.3. The van der Waals surface area contributed by atoms with Crippen molar-refractivity contribution in [1.29, 1.82) is 0 Å². The van der Waals surface area contributed by atoms with Crippen LogP contribution >= 0.6 is 39.1 Å². The van der Waals surface area contributed by atoms with Crippen LogP contribution in [0.5, 0.6) is 0 Å². The van der Waals surface area contributed by atoms with Gasteiger partial charge in [-0.1, -0.05) is 64.1 Å². The smallest absolute Gasteiger partial charge is 0.312 e. The molecule has 0 aromatic heterocycles. The Bertz CT molecular complexity index is 930. The van der Waals surface area contributed by atoms with Gasteiger partial charge in [0.2, 0.25) is 0 Å². The maximum atomic E-state index is 13.7. The van der Waals surface area contributed by atoms with Gasteiger partial charge in [0.05, 0.1) is 5.69 Å². The van der Waals surface area contributed by atoms with Crippen molar-refractivity contribution in [3.63, 3.8) is 0 Å². The average Bonchev–Trinajstić information content (AvgIpc) is 2.84. The summed E-state index contributed by atoms with van der Waals surface area (Å²) in [6, 6.07) is 12.5. The van der Waals surface area contributed by atoms with Gasteiger partial charge in [-0.05, 0) is 48.7 Å². The number of nitrogens with zero attached hydrogens (tertiary/aromatic N) is 2. The SMILES string of the molecule is CN1C(=O)N(c2cc(Cl)cc(Cl)c2)C(=O)[C@]12CCCC[C@H]2c1ccc(Br)cc1. The highest BCUT2D eigenvalue weighted by molar-refractivity contribution is 9.10. The molecule has 1 heterocycles. The van der Waals surface area contributed by atoms with Gasteiger partial charge >= 0.3 is 6.03 Å². The van der Waals surface area contributed by atoms with Gasteiger partial charge in [0.25, 0.3) is 5.91 Å². The van der Waals surface area contributed by atoms with Gasteiger partial charge < -0.3 is 4.90 Å². The molecule has 0 unspecified atom stereocenters. The highest BCUT2D eigenvalue weighted by atomic mass is 79.9. The second-order valence-corrected chi connectivity index (χ2v) is 9.17. The number of amides is 3. The number of halogens is 3. The maximum Gasteiger partial charge on any atom is 0.332 e. The normalized spacial score (nSPS) is 25.1. The van der Waals surface area contributed by atoms with Crippen molar-refractivity contribution in [2.24, 2.45) is 0 Å². The fourth-order valence-corrected chi connectivity index (χ4v) is 5.37. The number of benzene rings is 2. The molecule has 1 aliphatic heterocycles. The first-order valence-electron chi connectivity index (χ1n) is 9.18. The summed E-state index contributed by atoms with van der Waals surface area (Å²) in [4.78, 5) is 29.8. The number of hydrogen-bond acceptors (Lipinski definition) is 2. The van der Waals surface area contributed by atoms with Crippen LogP contribution < -0.4 is 4.90 Å². The molecule has 7 heteroatoms. The molecule has 28 heavy (non-hydrogen) atoms. The minimum atomic E-state index is -0.891. The van der Waals surface area contributed by atoms with E-state index in [-0.39, 0.29) is 17.9 Å². The van der Waals surface area contributed by atoms with Gasteiger partial charge in [-0.3, -0.25) is 4.79 Å². The van der Waals surface area contributed by atoms with Crippen LogP contribution in [0.4, 0.5) is 10.5 Å². The van der Waals surface area contributed by atoms with Gasteiger partial charge in [-0.25, -0.2) is 9.69 Å². The summed E-state index contributed by atoms with van der Waals surface area (Å²) in [7, 11) is 1.73. The zero-order valence-corrected chi connectivity index (χ0v) is 18.4. The number of carbonyl (C=O) groups is 2. The summed E-state index contributed by atoms with van der Waals surface area (Å²) in [5.41, 5.74) is 0.594. The van der Waals surface area contributed by atoms with Crippen LogP contribution in [-0.4, -0.2) is 29.4 Å². The minimum Gasteiger partial charge on any atom is -0.312 e. The van der Waals surface area contributed by atoms with Crippen LogP contribution in [0.15, 0.2) is 46.9 Å². The summed E-state index contributed by atoms with van der Waals surface area (Å²) in [6.45, 7) is 0. The van der Waals surface area contributed by atoms with E-state index in [9.17, 15) is 9.59 Å². The summed E-state index contributed by atoms with van der Waals surface area (Å²) in [6.07, 6.45) is 3.43. The third-order valence-corrected chi connectivity index (χ3v) is 6.87. The fourth-order valence-electron chi connectivity index (χ4n) is 4.59. The van der Waals surface area contributed by atoms with Crippen LogP contribution in [0.1, 0.15) is 37.2 Å². The topological polar surface area (TPSA) is 40.6 Å². The van der Waals surface area contributed by atoms with Crippen LogP contribution in [0, 0.1) is 0 Å². The molecule has 2 atom stereocenters. The van der Waals surface area contributed by atoms with Crippen molar-refractivity contribution in [3.8, 4) is 0 Å². The Labute approximate surface area is 182 Å². The molecule has 0 N–H and O–H groups in total. The van der Waals surface area contributed by atoms with Crippen LogP contribution in [0.3, 0.4) is 0 Å². The van der Waals surface area contributed by atoms with E-state index >= 15 is 0 Å². The van der Waals surface area contributed by atoms with Gasteiger partial charge in [0.15, 0.2) is 0 Å². The van der Waals surface area contributed by atoms with E-state index in [1.54, 1.807) is 30.1 Å². The summed E-state index contributed by atoms with van der Waals surface area (Å²) in [5, 5.41) is 0.777. The van der Waals surface area contributed by atoms with E-state index in [4.69, 9.17) is 23.2 Å². The van der Waals surface area contributed by atoms with Crippen molar-refractivity contribution in [1.82, 2.24) is 4.90 Å². The maximum absolute atomic E-state index is 13.7. The Morgan fingerprint density at radius 2 is 1.68 bits per heavy atom. The Morgan fingerprint density at radius 1 is 1.04 bits per heavy atom. The first kappa shape index (κ1) is 19.7. The van der Waals surface area contributed by atoms with Crippen LogP contribution in [0.2, 0.25) is 10.0 Å². The van der Waals surface area contributed by atoms with Gasteiger partial charge in [0.1, 0.15) is 5.54 Å². The molecule has 1 saturated carbocycles. The van der Waals surface area contributed by atoms with Crippen LogP contribution in [-0.2, 0) is 4.79 Å². The minimum absolute atomic E-state index is 0.0598. The van der Waals surface area contributed by atoms with E-state index in [1.807, 2.05) is 24.3 Å². The van der Waals surface area contributed by atoms with Gasteiger partial charge in [-0.2, -0.15) is 0 Å². The van der Waals surface area contributed by atoms with Crippen molar-refractivity contribution < 1.29 is 9.59 Å². The van der Waals surface area contributed by atoms with Crippen molar-refractivity contribution >= 4 is 56.8 Å². The molecule has 3 amide bonds. The Kier molecular flexibility index (Phi) is 5.19. The second-order valence-electron chi connectivity index (χ2n) is 7.38. The molecule has 2 aromatic carbocycles. The summed E-state index contributed by atoms with van der Waals surface area (Å²) in [5.74, 6) is -0.263. The third kappa shape index (κ3) is 3.04. The van der Waals surface area contributed by atoms with E-state index < -0.39 is 5.54 Å². The molecular weight excluding hydrogens is 463 g/mol.